The van der Waals surface area contributed by atoms with E-state index >= 15 is 0 Å². The molecule has 4 heteroatoms. The first-order valence-corrected chi connectivity index (χ1v) is 6.40. The fraction of sp³-hybridized carbons (Fsp3) is 0.0625. The van der Waals surface area contributed by atoms with Crippen LogP contribution in [0.4, 0.5) is 5.69 Å². The van der Waals surface area contributed by atoms with Gasteiger partial charge in [0, 0.05) is 17.8 Å². The van der Waals surface area contributed by atoms with Crippen LogP contribution in [0.1, 0.15) is 12.6 Å². The smallest absolute Gasteiger partial charge is 0.0951 e. The van der Waals surface area contributed by atoms with Gasteiger partial charge in [-0.25, -0.2) is 0 Å². The van der Waals surface area contributed by atoms with E-state index < -0.39 is 0 Å². The Kier molecular flexibility index (Phi) is 3.37. The predicted molar refractivity (Wildman–Crippen MR) is 81.8 cm³/mol. The van der Waals surface area contributed by atoms with Gasteiger partial charge in [-0.1, -0.05) is 24.3 Å². The second kappa shape index (κ2) is 5.48. The predicted octanol–water partition coefficient (Wildman–Crippen LogP) is 3.47. The van der Waals surface area contributed by atoms with Gasteiger partial charge < -0.3 is 0 Å². The normalized spacial score (nSPS) is 11.6. The molecule has 20 heavy (non-hydrogen) atoms. The van der Waals surface area contributed by atoms with Gasteiger partial charge in [0.15, 0.2) is 0 Å². The molecular weight excluding hydrogens is 248 g/mol. The van der Waals surface area contributed by atoms with Crippen molar-refractivity contribution in [1.82, 2.24) is 9.97 Å². The minimum atomic E-state index is 0.832. The van der Waals surface area contributed by atoms with Crippen LogP contribution in [0.2, 0.25) is 0 Å². The highest BCUT2D eigenvalue weighted by molar-refractivity contribution is 5.98. The molecular formula is C16H14N4. The number of nitrogens with one attached hydrogen (secondary N) is 1. The molecule has 3 rings (SSSR count). The summed E-state index contributed by atoms with van der Waals surface area (Å²) in [6, 6.07) is 15.7. The number of aromatic nitrogens is 2. The molecule has 0 fully saturated rings. The van der Waals surface area contributed by atoms with E-state index in [2.05, 4.69) is 20.5 Å². The van der Waals surface area contributed by atoms with E-state index in [1.807, 2.05) is 55.5 Å². The Labute approximate surface area is 117 Å². The van der Waals surface area contributed by atoms with Crippen LogP contribution >= 0.6 is 0 Å². The molecule has 1 N–H and O–H groups in total. The number of hydrazone groups is 1. The van der Waals surface area contributed by atoms with Crippen molar-refractivity contribution in [2.24, 2.45) is 5.10 Å². The Morgan fingerprint density at radius 3 is 2.65 bits per heavy atom. The Balaban J connectivity index is 1.91. The molecule has 98 valence electrons. The SMILES string of the molecule is C/C(=N/Nc1cccc2cccnc12)c1ccccn1. The van der Waals surface area contributed by atoms with Crippen LogP contribution in [-0.2, 0) is 0 Å². The molecule has 0 bridgehead atoms. The molecule has 0 saturated heterocycles. The molecule has 0 saturated carbocycles. The van der Waals surface area contributed by atoms with Crippen molar-refractivity contribution < 1.29 is 0 Å². The summed E-state index contributed by atoms with van der Waals surface area (Å²) in [5, 5.41) is 5.47. The van der Waals surface area contributed by atoms with Crippen LogP contribution in [0.25, 0.3) is 10.9 Å². The molecule has 0 amide bonds. The molecule has 1 aromatic carbocycles. The zero-order chi connectivity index (χ0) is 13.8. The first kappa shape index (κ1) is 12.3. The van der Waals surface area contributed by atoms with Gasteiger partial charge in [-0.2, -0.15) is 5.10 Å². The highest BCUT2D eigenvalue weighted by Crippen LogP contribution is 2.20. The quantitative estimate of drug-likeness (QED) is 0.581. The third-order valence-corrected chi connectivity index (χ3v) is 3.01. The van der Waals surface area contributed by atoms with Crippen molar-refractivity contribution in [3.05, 3.63) is 66.6 Å². The van der Waals surface area contributed by atoms with E-state index in [4.69, 9.17) is 0 Å². The summed E-state index contributed by atoms with van der Waals surface area (Å²) in [4.78, 5) is 8.65. The van der Waals surface area contributed by atoms with Gasteiger partial charge in [-0.3, -0.25) is 15.4 Å². The number of hydrogen-bond acceptors (Lipinski definition) is 4. The Bertz CT molecular complexity index is 745. The van der Waals surface area contributed by atoms with E-state index in [0.29, 0.717) is 0 Å². The van der Waals surface area contributed by atoms with E-state index in [1.54, 1.807) is 12.4 Å². The lowest BCUT2D eigenvalue weighted by Crippen LogP contribution is -2.02. The summed E-state index contributed by atoms with van der Waals surface area (Å²) < 4.78 is 0. The van der Waals surface area contributed by atoms with Crippen LogP contribution in [0, 0.1) is 0 Å². The van der Waals surface area contributed by atoms with Crippen molar-refractivity contribution in [1.29, 1.82) is 0 Å². The molecule has 0 aliphatic rings. The molecule has 0 aliphatic carbocycles. The van der Waals surface area contributed by atoms with Gasteiger partial charge in [-0.15, -0.1) is 0 Å². The number of para-hydroxylation sites is 1. The summed E-state index contributed by atoms with van der Waals surface area (Å²) in [6.45, 7) is 1.92. The molecule has 0 radical (unpaired) electrons. The second-order valence-electron chi connectivity index (χ2n) is 4.40. The number of anilines is 1. The Morgan fingerprint density at radius 2 is 1.80 bits per heavy atom. The number of nitrogens with zero attached hydrogens (tertiary/aromatic N) is 3. The molecule has 4 nitrogen and oxygen atoms in total. The van der Waals surface area contributed by atoms with E-state index in [-0.39, 0.29) is 0 Å². The summed E-state index contributed by atoms with van der Waals surface area (Å²) in [5.41, 5.74) is 6.56. The van der Waals surface area contributed by atoms with Crippen LogP contribution in [0.3, 0.4) is 0 Å². The Morgan fingerprint density at radius 1 is 0.950 bits per heavy atom. The molecule has 0 unspecified atom stereocenters. The lowest BCUT2D eigenvalue weighted by molar-refractivity contribution is 1.25. The van der Waals surface area contributed by atoms with Crippen LogP contribution < -0.4 is 5.43 Å². The highest BCUT2D eigenvalue weighted by atomic mass is 15.3. The number of fused-ring (bicyclic) bond motifs is 1. The highest BCUT2D eigenvalue weighted by Gasteiger charge is 2.01. The van der Waals surface area contributed by atoms with Crippen molar-refractivity contribution >= 4 is 22.3 Å². The topological polar surface area (TPSA) is 50.2 Å². The molecule has 0 atom stereocenters. The monoisotopic (exact) mass is 262 g/mol. The van der Waals surface area contributed by atoms with Gasteiger partial charge in [0.1, 0.15) is 0 Å². The first-order chi connectivity index (χ1) is 9.84. The van der Waals surface area contributed by atoms with Gasteiger partial charge >= 0.3 is 0 Å². The standard InChI is InChI=1S/C16H14N4/c1-12(14-8-2-3-10-17-14)19-20-15-9-4-6-13-7-5-11-18-16(13)15/h2-11,20H,1H3/b19-12-. The molecule has 0 aliphatic heterocycles. The van der Waals surface area contributed by atoms with E-state index in [9.17, 15) is 0 Å². The second-order valence-corrected chi connectivity index (χ2v) is 4.40. The molecule has 0 spiro atoms. The van der Waals surface area contributed by atoms with E-state index in [1.165, 1.54) is 0 Å². The number of rotatable bonds is 3. The van der Waals surface area contributed by atoms with Crippen LogP contribution in [0.15, 0.2) is 66.0 Å². The third-order valence-electron chi connectivity index (χ3n) is 3.01. The maximum Gasteiger partial charge on any atom is 0.0951 e. The molecule has 2 heterocycles. The third kappa shape index (κ3) is 2.49. The number of benzene rings is 1. The van der Waals surface area contributed by atoms with E-state index in [0.717, 1.165) is 28.0 Å². The zero-order valence-electron chi connectivity index (χ0n) is 11.1. The minimum absolute atomic E-state index is 0.832. The average molecular weight is 262 g/mol. The van der Waals surface area contributed by atoms with Gasteiger partial charge in [0.25, 0.3) is 0 Å². The lowest BCUT2D eigenvalue weighted by Gasteiger charge is -2.06. The summed E-state index contributed by atoms with van der Waals surface area (Å²) in [7, 11) is 0. The van der Waals surface area contributed by atoms with Crippen LogP contribution in [-0.4, -0.2) is 15.7 Å². The Hall–Kier alpha value is -2.75. The zero-order valence-corrected chi connectivity index (χ0v) is 11.1. The maximum absolute atomic E-state index is 4.38. The fourth-order valence-electron chi connectivity index (χ4n) is 1.97. The average Bonchev–Trinajstić information content (AvgIpc) is 2.53. The number of hydrogen-bond donors (Lipinski definition) is 1. The molecule has 2 aromatic heterocycles. The van der Waals surface area contributed by atoms with Gasteiger partial charge in [0.05, 0.1) is 22.6 Å². The largest absolute Gasteiger partial charge is 0.276 e. The summed E-state index contributed by atoms with van der Waals surface area (Å²) in [6.07, 6.45) is 3.54. The van der Waals surface area contributed by atoms with Crippen molar-refractivity contribution in [3.63, 3.8) is 0 Å². The van der Waals surface area contributed by atoms with Crippen molar-refractivity contribution in [2.75, 3.05) is 5.43 Å². The first-order valence-electron chi connectivity index (χ1n) is 6.40. The summed E-state index contributed by atoms with van der Waals surface area (Å²) in [5.74, 6) is 0. The van der Waals surface area contributed by atoms with Crippen LogP contribution in [0.5, 0.6) is 0 Å². The number of pyridine rings is 2. The molecule has 3 aromatic rings. The fourth-order valence-corrected chi connectivity index (χ4v) is 1.97. The van der Waals surface area contributed by atoms with Crippen molar-refractivity contribution in [2.45, 2.75) is 6.92 Å². The van der Waals surface area contributed by atoms with Gasteiger partial charge in [0.2, 0.25) is 0 Å². The summed E-state index contributed by atoms with van der Waals surface area (Å²) >= 11 is 0. The maximum atomic E-state index is 4.38. The lowest BCUT2D eigenvalue weighted by atomic mass is 10.2. The van der Waals surface area contributed by atoms with Crippen molar-refractivity contribution in [3.8, 4) is 0 Å². The minimum Gasteiger partial charge on any atom is -0.276 e. The van der Waals surface area contributed by atoms with Gasteiger partial charge in [-0.05, 0) is 31.2 Å².